The number of aryl methyl sites for hydroxylation is 1. The quantitative estimate of drug-likeness (QED) is 0.464. The molecule has 0 spiro atoms. The summed E-state index contributed by atoms with van der Waals surface area (Å²) in [6.07, 6.45) is 0.465. The van der Waals surface area contributed by atoms with Crippen molar-refractivity contribution in [2.75, 3.05) is 6.61 Å². The van der Waals surface area contributed by atoms with Gasteiger partial charge in [0, 0.05) is 12.1 Å². The van der Waals surface area contributed by atoms with Crippen LogP contribution in [-0.2, 0) is 20.7 Å². The van der Waals surface area contributed by atoms with E-state index < -0.39 is 15.0 Å². The summed E-state index contributed by atoms with van der Waals surface area (Å²) in [4.78, 5) is 9.86. The van der Waals surface area contributed by atoms with Crippen molar-refractivity contribution in [3.05, 3.63) is 69.8 Å². The van der Waals surface area contributed by atoms with Gasteiger partial charge in [0.05, 0.1) is 16.4 Å². The monoisotopic (exact) mass is 321 g/mol. The molecule has 7 heteroatoms. The van der Waals surface area contributed by atoms with Crippen LogP contribution in [0.1, 0.15) is 11.1 Å². The van der Waals surface area contributed by atoms with Gasteiger partial charge in [-0.2, -0.15) is 8.42 Å². The van der Waals surface area contributed by atoms with Crippen LogP contribution in [0.2, 0.25) is 0 Å². The van der Waals surface area contributed by atoms with Crippen LogP contribution >= 0.6 is 0 Å². The SMILES string of the molecule is Cc1ccc(CCOS(=O)(=O)c2ccc([N+](=O)[O-])cc2)cc1. The first-order chi connectivity index (χ1) is 10.4. The molecule has 0 radical (unpaired) electrons. The predicted molar refractivity (Wildman–Crippen MR) is 81.1 cm³/mol. The molecular weight excluding hydrogens is 306 g/mol. The molecule has 0 N–H and O–H groups in total. The zero-order chi connectivity index (χ0) is 16.2. The number of hydrogen-bond acceptors (Lipinski definition) is 5. The second kappa shape index (κ2) is 6.67. The molecule has 0 bridgehead atoms. The molecule has 0 saturated heterocycles. The fourth-order valence-corrected chi connectivity index (χ4v) is 2.73. The van der Waals surface area contributed by atoms with Crippen molar-refractivity contribution in [3.63, 3.8) is 0 Å². The van der Waals surface area contributed by atoms with Gasteiger partial charge in [-0.1, -0.05) is 29.8 Å². The second-order valence-corrected chi connectivity index (χ2v) is 6.38. The van der Waals surface area contributed by atoms with E-state index >= 15 is 0 Å². The zero-order valence-electron chi connectivity index (χ0n) is 11.9. The number of hydrogen-bond donors (Lipinski definition) is 0. The van der Waals surface area contributed by atoms with E-state index in [1.165, 1.54) is 12.1 Å². The first-order valence-electron chi connectivity index (χ1n) is 6.58. The summed E-state index contributed by atoms with van der Waals surface area (Å²) in [5.74, 6) is 0. The highest BCUT2D eigenvalue weighted by Crippen LogP contribution is 2.18. The van der Waals surface area contributed by atoms with Crippen LogP contribution in [0.5, 0.6) is 0 Å². The number of non-ortho nitro benzene ring substituents is 1. The van der Waals surface area contributed by atoms with Crippen LogP contribution in [-0.4, -0.2) is 19.9 Å². The van der Waals surface area contributed by atoms with Gasteiger partial charge < -0.3 is 0 Å². The molecule has 0 aliphatic heterocycles. The van der Waals surface area contributed by atoms with Gasteiger partial charge in [0.15, 0.2) is 0 Å². The number of rotatable bonds is 6. The van der Waals surface area contributed by atoms with Gasteiger partial charge in [0.1, 0.15) is 0 Å². The molecule has 0 aliphatic rings. The number of nitro benzene ring substituents is 1. The van der Waals surface area contributed by atoms with Gasteiger partial charge in [-0.3, -0.25) is 14.3 Å². The van der Waals surface area contributed by atoms with Crippen LogP contribution in [0.15, 0.2) is 53.4 Å². The maximum Gasteiger partial charge on any atom is 0.296 e. The highest BCUT2D eigenvalue weighted by atomic mass is 32.2. The van der Waals surface area contributed by atoms with E-state index in [2.05, 4.69) is 0 Å². The molecule has 0 saturated carbocycles. The minimum Gasteiger partial charge on any atom is -0.266 e. The van der Waals surface area contributed by atoms with Crippen LogP contribution in [0.4, 0.5) is 5.69 Å². The van der Waals surface area contributed by atoms with Crippen molar-refractivity contribution in [1.29, 1.82) is 0 Å². The summed E-state index contributed by atoms with van der Waals surface area (Å²) in [7, 11) is -3.90. The van der Waals surface area contributed by atoms with Gasteiger partial charge in [0.2, 0.25) is 0 Å². The van der Waals surface area contributed by atoms with E-state index in [1.54, 1.807) is 0 Å². The van der Waals surface area contributed by atoms with E-state index in [1.807, 2.05) is 31.2 Å². The highest BCUT2D eigenvalue weighted by molar-refractivity contribution is 7.86. The third kappa shape index (κ3) is 4.12. The average molecular weight is 321 g/mol. The Morgan fingerprint density at radius 3 is 2.18 bits per heavy atom. The lowest BCUT2D eigenvalue weighted by Gasteiger charge is -2.06. The van der Waals surface area contributed by atoms with E-state index in [0.29, 0.717) is 6.42 Å². The van der Waals surface area contributed by atoms with Crippen molar-refractivity contribution < 1.29 is 17.5 Å². The standard InChI is InChI=1S/C15H15NO5S/c1-12-2-4-13(5-3-12)10-11-21-22(19,20)15-8-6-14(7-9-15)16(17)18/h2-9H,10-11H2,1H3. The Labute approximate surface area is 128 Å². The maximum absolute atomic E-state index is 12.0. The third-order valence-corrected chi connectivity index (χ3v) is 4.41. The van der Waals surface area contributed by atoms with Crippen molar-refractivity contribution in [2.45, 2.75) is 18.2 Å². The average Bonchev–Trinajstić information content (AvgIpc) is 2.49. The Morgan fingerprint density at radius 1 is 1.05 bits per heavy atom. The first-order valence-corrected chi connectivity index (χ1v) is 7.99. The first kappa shape index (κ1) is 16.1. The van der Waals surface area contributed by atoms with E-state index in [9.17, 15) is 18.5 Å². The molecule has 2 aromatic rings. The molecule has 2 rings (SSSR count). The van der Waals surface area contributed by atoms with Crippen LogP contribution in [0, 0.1) is 17.0 Å². The number of benzene rings is 2. The molecule has 6 nitrogen and oxygen atoms in total. The molecule has 0 atom stereocenters. The second-order valence-electron chi connectivity index (χ2n) is 4.76. The van der Waals surface area contributed by atoms with E-state index in [4.69, 9.17) is 4.18 Å². The Hall–Kier alpha value is -2.25. The Morgan fingerprint density at radius 2 is 1.64 bits per heavy atom. The number of nitro groups is 1. The van der Waals surface area contributed by atoms with E-state index in [0.717, 1.165) is 23.3 Å². The van der Waals surface area contributed by atoms with Crippen LogP contribution in [0.25, 0.3) is 0 Å². The molecular formula is C15H15NO5S. The normalized spacial score (nSPS) is 11.3. The maximum atomic E-state index is 12.0. The molecule has 2 aromatic carbocycles. The van der Waals surface area contributed by atoms with Crippen LogP contribution in [0.3, 0.4) is 0 Å². The largest absolute Gasteiger partial charge is 0.296 e. The molecule has 22 heavy (non-hydrogen) atoms. The molecule has 0 fully saturated rings. The van der Waals surface area contributed by atoms with Gasteiger partial charge in [0.25, 0.3) is 15.8 Å². The fraction of sp³-hybridized carbons (Fsp3) is 0.200. The predicted octanol–water partition coefficient (Wildman–Crippen LogP) is 2.85. The molecule has 0 amide bonds. The van der Waals surface area contributed by atoms with Gasteiger partial charge >= 0.3 is 0 Å². The minimum absolute atomic E-state index is 0.0163. The van der Waals surface area contributed by atoms with Crippen LogP contribution < -0.4 is 0 Å². The molecule has 0 heterocycles. The zero-order valence-corrected chi connectivity index (χ0v) is 12.7. The lowest BCUT2D eigenvalue weighted by molar-refractivity contribution is -0.384. The summed E-state index contributed by atoms with van der Waals surface area (Å²) in [6, 6.07) is 12.3. The van der Waals surface area contributed by atoms with E-state index in [-0.39, 0.29) is 17.2 Å². The third-order valence-electron chi connectivity index (χ3n) is 3.09. The Balaban J connectivity index is 1.98. The molecule has 0 aromatic heterocycles. The smallest absolute Gasteiger partial charge is 0.266 e. The lowest BCUT2D eigenvalue weighted by atomic mass is 10.1. The molecule has 0 unspecified atom stereocenters. The fourth-order valence-electron chi connectivity index (χ4n) is 1.83. The Bertz CT molecular complexity index is 752. The number of nitrogens with zero attached hydrogens (tertiary/aromatic N) is 1. The van der Waals surface area contributed by atoms with Crippen molar-refractivity contribution in [1.82, 2.24) is 0 Å². The van der Waals surface area contributed by atoms with Gasteiger partial charge in [-0.15, -0.1) is 0 Å². The van der Waals surface area contributed by atoms with Crippen molar-refractivity contribution in [3.8, 4) is 0 Å². The van der Waals surface area contributed by atoms with Crippen molar-refractivity contribution in [2.24, 2.45) is 0 Å². The topological polar surface area (TPSA) is 86.5 Å². The summed E-state index contributed by atoms with van der Waals surface area (Å²) in [5.41, 5.74) is 1.94. The van der Waals surface area contributed by atoms with Gasteiger partial charge in [-0.25, -0.2) is 0 Å². The summed E-state index contributed by atoms with van der Waals surface area (Å²) in [5, 5.41) is 10.5. The summed E-state index contributed by atoms with van der Waals surface area (Å²) < 4.78 is 28.9. The minimum atomic E-state index is -3.90. The molecule has 0 aliphatic carbocycles. The van der Waals surface area contributed by atoms with Gasteiger partial charge in [-0.05, 0) is 31.0 Å². The lowest BCUT2D eigenvalue weighted by Crippen LogP contribution is -2.09. The highest BCUT2D eigenvalue weighted by Gasteiger charge is 2.16. The molecule has 116 valence electrons. The Kier molecular flexibility index (Phi) is 4.89. The summed E-state index contributed by atoms with van der Waals surface area (Å²) in [6.45, 7) is 1.99. The summed E-state index contributed by atoms with van der Waals surface area (Å²) >= 11 is 0. The van der Waals surface area contributed by atoms with Crippen molar-refractivity contribution >= 4 is 15.8 Å².